The van der Waals surface area contributed by atoms with Crippen molar-refractivity contribution in [1.82, 2.24) is 9.78 Å². The summed E-state index contributed by atoms with van der Waals surface area (Å²) in [7, 11) is 1.63. The lowest BCUT2D eigenvalue weighted by Gasteiger charge is -2.09. The van der Waals surface area contributed by atoms with Gasteiger partial charge in [0.15, 0.2) is 0 Å². The normalized spacial score (nSPS) is 11.4. The minimum atomic E-state index is -1.02. The van der Waals surface area contributed by atoms with Crippen LogP contribution in [0.25, 0.3) is 22.5 Å². The Labute approximate surface area is 180 Å². The monoisotopic (exact) mass is 410 g/mol. The molecular weight excluding hydrogens is 388 g/mol. The molecule has 0 aliphatic heterocycles. The Morgan fingerprint density at radius 2 is 1.65 bits per heavy atom. The Hall–Kier alpha value is -4.12. The van der Waals surface area contributed by atoms with E-state index in [0.29, 0.717) is 11.3 Å². The number of hydrogen-bond donors (Lipinski definition) is 1. The van der Waals surface area contributed by atoms with Gasteiger partial charge in [-0.1, -0.05) is 60.2 Å². The van der Waals surface area contributed by atoms with E-state index in [4.69, 9.17) is 9.84 Å². The van der Waals surface area contributed by atoms with Crippen LogP contribution in [0.2, 0.25) is 0 Å². The van der Waals surface area contributed by atoms with Crippen LogP contribution in [0.4, 0.5) is 0 Å². The van der Waals surface area contributed by atoms with Crippen LogP contribution in [-0.4, -0.2) is 28.0 Å². The zero-order chi connectivity index (χ0) is 21.8. The van der Waals surface area contributed by atoms with Gasteiger partial charge in [-0.3, -0.25) is 0 Å². The van der Waals surface area contributed by atoms with Crippen LogP contribution in [0.15, 0.2) is 91.0 Å². The topological polar surface area (TPSA) is 64.4 Å². The number of benzene rings is 3. The first-order valence-corrected chi connectivity index (χ1v) is 9.87. The summed E-state index contributed by atoms with van der Waals surface area (Å²) >= 11 is 0. The third-order valence-electron chi connectivity index (χ3n) is 5.00. The van der Waals surface area contributed by atoms with Gasteiger partial charge in [0.2, 0.25) is 0 Å². The van der Waals surface area contributed by atoms with E-state index in [2.05, 4.69) is 0 Å². The maximum absolute atomic E-state index is 11.6. The van der Waals surface area contributed by atoms with Crippen LogP contribution in [0.5, 0.6) is 5.75 Å². The number of aryl methyl sites for hydroxylation is 1. The third-order valence-corrected chi connectivity index (χ3v) is 5.00. The zero-order valence-corrected chi connectivity index (χ0v) is 17.3. The van der Waals surface area contributed by atoms with Gasteiger partial charge in [-0.2, -0.15) is 5.10 Å². The first kappa shape index (κ1) is 20.2. The summed E-state index contributed by atoms with van der Waals surface area (Å²) in [4.78, 5) is 11.6. The molecule has 5 heteroatoms. The number of nitrogens with zero attached hydrogens (tertiary/aromatic N) is 2. The number of ether oxygens (including phenoxy) is 1. The molecule has 1 N–H and O–H groups in total. The predicted octanol–water partition coefficient (Wildman–Crippen LogP) is 5.37. The summed E-state index contributed by atoms with van der Waals surface area (Å²) in [5.41, 5.74) is 5.80. The smallest absolute Gasteiger partial charge is 0.329 e. The SMILES string of the molecule is COc1ccc(-n2nc(C(=CC(=O)O)c3ccccc3)cc2-c2ccc(C)cc2)cc1. The minimum Gasteiger partial charge on any atom is -0.497 e. The van der Waals surface area contributed by atoms with Gasteiger partial charge in [0.05, 0.1) is 24.2 Å². The third kappa shape index (κ3) is 4.41. The standard InChI is InChI=1S/C26H22N2O3/c1-18-8-10-20(11-9-18)25-17-24(23(16-26(29)30)19-6-4-3-5-7-19)27-28(25)21-12-14-22(31-2)15-13-21/h3-17H,1-2H3,(H,29,30). The van der Waals surface area contributed by atoms with Gasteiger partial charge in [-0.15, -0.1) is 0 Å². The van der Waals surface area contributed by atoms with E-state index < -0.39 is 5.97 Å². The van der Waals surface area contributed by atoms with Crippen molar-refractivity contribution >= 4 is 11.5 Å². The second-order valence-electron chi connectivity index (χ2n) is 7.15. The Balaban J connectivity index is 1.91. The zero-order valence-electron chi connectivity index (χ0n) is 17.3. The van der Waals surface area contributed by atoms with E-state index in [-0.39, 0.29) is 0 Å². The molecule has 0 radical (unpaired) electrons. The van der Waals surface area contributed by atoms with Crippen LogP contribution in [-0.2, 0) is 4.79 Å². The molecule has 0 fully saturated rings. The van der Waals surface area contributed by atoms with Crippen molar-refractivity contribution < 1.29 is 14.6 Å². The highest BCUT2D eigenvalue weighted by Crippen LogP contribution is 2.30. The van der Waals surface area contributed by atoms with Gasteiger partial charge in [-0.25, -0.2) is 9.48 Å². The molecule has 1 aromatic heterocycles. The summed E-state index contributed by atoms with van der Waals surface area (Å²) in [6.45, 7) is 2.04. The van der Waals surface area contributed by atoms with Crippen LogP contribution < -0.4 is 4.74 Å². The van der Waals surface area contributed by atoms with E-state index in [0.717, 1.165) is 33.8 Å². The fraction of sp³-hybridized carbons (Fsp3) is 0.0769. The number of rotatable bonds is 6. The summed E-state index contributed by atoms with van der Waals surface area (Å²) < 4.78 is 7.11. The molecular formula is C26H22N2O3. The van der Waals surface area contributed by atoms with Crippen molar-refractivity contribution in [1.29, 1.82) is 0 Å². The Morgan fingerprint density at radius 3 is 2.26 bits per heavy atom. The highest BCUT2D eigenvalue weighted by molar-refractivity contribution is 5.95. The van der Waals surface area contributed by atoms with Crippen molar-refractivity contribution in [2.24, 2.45) is 0 Å². The van der Waals surface area contributed by atoms with Crippen LogP contribution in [0, 0.1) is 6.92 Å². The Bertz CT molecular complexity index is 1220. The molecule has 0 unspecified atom stereocenters. The molecule has 0 saturated carbocycles. The molecule has 0 atom stereocenters. The van der Waals surface area contributed by atoms with Gasteiger partial charge >= 0.3 is 5.97 Å². The maximum atomic E-state index is 11.6. The van der Waals surface area contributed by atoms with E-state index in [1.165, 1.54) is 6.08 Å². The van der Waals surface area contributed by atoms with Crippen molar-refractivity contribution in [3.05, 3.63) is 108 Å². The maximum Gasteiger partial charge on any atom is 0.329 e. The number of carbonyl (C=O) groups is 1. The summed E-state index contributed by atoms with van der Waals surface area (Å²) in [5.74, 6) is -0.265. The molecule has 154 valence electrons. The number of aliphatic carboxylic acids is 1. The molecule has 4 rings (SSSR count). The van der Waals surface area contributed by atoms with Crippen molar-refractivity contribution in [2.45, 2.75) is 6.92 Å². The fourth-order valence-electron chi connectivity index (χ4n) is 3.41. The van der Waals surface area contributed by atoms with Crippen LogP contribution in [0.3, 0.4) is 0 Å². The highest BCUT2D eigenvalue weighted by Gasteiger charge is 2.17. The van der Waals surface area contributed by atoms with Gasteiger partial charge in [0.1, 0.15) is 5.75 Å². The molecule has 3 aromatic carbocycles. The molecule has 0 aliphatic rings. The first-order chi connectivity index (χ1) is 15.0. The quantitative estimate of drug-likeness (QED) is 0.434. The lowest BCUT2D eigenvalue weighted by atomic mass is 10.0. The van der Waals surface area contributed by atoms with Crippen molar-refractivity contribution in [2.75, 3.05) is 7.11 Å². The van der Waals surface area contributed by atoms with Crippen molar-refractivity contribution in [3.63, 3.8) is 0 Å². The van der Waals surface area contributed by atoms with Gasteiger partial charge in [0.25, 0.3) is 0 Å². The second-order valence-corrected chi connectivity index (χ2v) is 7.15. The Kier molecular flexibility index (Phi) is 5.67. The van der Waals surface area contributed by atoms with E-state index >= 15 is 0 Å². The molecule has 5 nitrogen and oxygen atoms in total. The largest absolute Gasteiger partial charge is 0.497 e. The van der Waals surface area contributed by atoms with Gasteiger partial charge in [-0.05, 0) is 42.8 Å². The van der Waals surface area contributed by atoms with Crippen molar-refractivity contribution in [3.8, 4) is 22.7 Å². The first-order valence-electron chi connectivity index (χ1n) is 9.87. The van der Waals surface area contributed by atoms with Gasteiger partial charge < -0.3 is 9.84 Å². The molecule has 0 bridgehead atoms. The average molecular weight is 410 g/mol. The predicted molar refractivity (Wildman–Crippen MR) is 121 cm³/mol. The molecule has 0 aliphatic carbocycles. The molecule has 0 amide bonds. The molecule has 31 heavy (non-hydrogen) atoms. The molecule has 0 saturated heterocycles. The molecule has 4 aromatic rings. The number of carboxylic acids is 1. The summed E-state index contributed by atoms with van der Waals surface area (Å²) in [6, 6.07) is 27.1. The number of aromatic nitrogens is 2. The fourth-order valence-corrected chi connectivity index (χ4v) is 3.41. The summed E-state index contributed by atoms with van der Waals surface area (Å²) in [5, 5.41) is 14.3. The average Bonchev–Trinajstić information content (AvgIpc) is 3.23. The lowest BCUT2D eigenvalue weighted by Crippen LogP contribution is -2.01. The molecule has 0 spiro atoms. The number of hydrogen-bond acceptors (Lipinski definition) is 3. The summed E-state index contributed by atoms with van der Waals surface area (Å²) in [6.07, 6.45) is 1.20. The second kappa shape index (κ2) is 8.71. The highest BCUT2D eigenvalue weighted by atomic mass is 16.5. The van der Waals surface area contributed by atoms with E-state index in [1.807, 2.05) is 96.5 Å². The molecule has 1 heterocycles. The Morgan fingerprint density at radius 1 is 0.968 bits per heavy atom. The van der Waals surface area contributed by atoms with Gasteiger partial charge in [0, 0.05) is 17.2 Å². The van der Waals surface area contributed by atoms with E-state index in [9.17, 15) is 9.90 Å². The van der Waals surface area contributed by atoms with Crippen LogP contribution >= 0.6 is 0 Å². The van der Waals surface area contributed by atoms with E-state index in [1.54, 1.807) is 7.11 Å². The minimum absolute atomic E-state index is 0.550. The lowest BCUT2D eigenvalue weighted by molar-refractivity contribution is -0.131. The number of carboxylic acid groups (broad SMARTS) is 1. The number of methoxy groups -OCH3 is 1. The van der Waals surface area contributed by atoms with Crippen LogP contribution in [0.1, 0.15) is 16.8 Å².